The van der Waals surface area contributed by atoms with Crippen LogP contribution in [-0.2, 0) is 14.3 Å². The standard InChI is InChI=1S/C16H21N3O4/c20-15(14-11-17-5-8-23-14)18-13-3-1-12(2-4-13)16(21)19-6-9-22-10-7-19/h1-4,14,17H,5-11H2,(H,18,20). The van der Waals surface area contributed by atoms with Gasteiger partial charge in [0.1, 0.15) is 6.10 Å². The predicted octanol–water partition coefficient (Wildman–Crippen LogP) is 0.0859. The van der Waals surface area contributed by atoms with Crippen molar-refractivity contribution in [1.29, 1.82) is 0 Å². The fraction of sp³-hybridized carbons (Fsp3) is 0.500. The van der Waals surface area contributed by atoms with E-state index < -0.39 is 6.10 Å². The number of rotatable bonds is 3. The average Bonchev–Trinajstić information content (AvgIpc) is 2.63. The summed E-state index contributed by atoms with van der Waals surface area (Å²) in [7, 11) is 0. The van der Waals surface area contributed by atoms with Crippen LogP contribution >= 0.6 is 0 Å². The van der Waals surface area contributed by atoms with Gasteiger partial charge >= 0.3 is 0 Å². The summed E-state index contributed by atoms with van der Waals surface area (Å²) in [4.78, 5) is 26.2. The van der Waals surface area contributed by atoms with Crippen LogP contribution in [0.1, 0.15) is 10.4 Å². The van der Waals surface area contributed by atoms with Crippen LogP contribution < -0.4 is 10.6 Å². The second-order valence-corrected chi connectivity index (χ2v) is 5.53. The van der Waals surface area contributed by atoms with E-state index in [4.69, 9.17) is 9.47 Å². The van der Waals surface area contributed by atoms with Gasteiger partial charge in [0.25, 0.3) is 11.8 Å². The number of carbonyl (C=O) groups excluding carboxylic acids is 2. The Bertz CT molecular complexity index is 549. The van der Waals surface area contributed by atoms with Gasteiger partial charge in [-0.15, -0.1) is 0 Å². The van der Waals surface area contributed by atoms with E-state index in [2.05, 4.69) is 10.6 Å². The highest BCUT2D eigenvalue weighted by Crippen LogP contribution is 2.13. The van der Waals surface area contributed by atoms with E-state index in [9.17, 15) is 9.59 Å². The van der Waals surface area contributed by atoms with Crippen LogP contribution in [0.15, 0.2) is 24.3 Å². The Morgan fingerprint density at radius 2 is 1.87 bits per heavy atom. The molecule has 2 heterocycles. The minimum atomic E-state index is -0.474. The molecule has 0 aromatic heterocycles. The number of benzene rings is 1. The van der Waals surface area contributed by atoms with Gasteiger partial charge in [-0.1, -0.05) is 0 Å². The molecule has 1 aromatic carbocycles. The molecule has 1 unspecified atom stereocenters. The zero-order valence-electron chi connectivity index (χ0n) is 12.9. The monoisotopic (exact) mass is 319 g/mol. The summed E-state index contributed by atoms with van der Waals surface area (Å²) in [6.07, 6.45) is -0.474. The van der Waals surface area contributed by atoms with Crippen molar-refractivity contribution in [2.75, 3.05) is 51.3 Å². The van der Waals surface area contributed by atoms with Crippen LogP contribution in [0.3, 0.4) is 0 Å². The first-order valence-electron chi connectivity index (χ1n) is 7.84. The van der Waals surface area contributed by atoms with Crippen molar-refractivity contribution in [1.82, 2.24) is 10.2 Å². The Kier molecular flexibility index (Phi) is 5.22. The topological polar surface area (TPSA) is 79.9 Å². The molecule has 0 radical (unpaired) electrons. The minimum Gasteiger partial charge on any atom is -0.378 e. The number of nitrogens with one attached hydrogen (secondary N) is 2. The van der Waals surface area contributed by atoms with E-state index in [0.29, 0.717) is 50.7 Å². The van der Waals surface area contributed by atoms with Gasteiger partial charge in [0.2, 0.25) is 0 Å². The molecule has 2 aliphatic heterocycles. The maximum absolute atomic E-state index is 12.3. The fourth-order valence-electron chi connectivity index (χ4n) is 2.60. The zero-order chi connectivity index (χ0) is 16.1. The first-order valence-corrected chi connectivity index (χ1v) is 7.84. The van der Waals surface area contributed by atoms with Gasteiger partial charge in [-0.3, -0.25) is 9.59 Å². The molecule has 2 N–H and O–H groups in total. The Labute approximate surface area is 134 Å². The van der Waals surface area contributed by atoms with Crippen LogP contribution in [0.4, 0.5) is 5.69 Å². The zero-order valence-corrected chi connectivity index (χ0v) is 12.9. The lowest BCUT2D eigenvalue weighted by atomic mass is 10.1. The Morgan fingerprint density at radius 1 is 1.13 bits per heavy atom. The molecular formula is C16H21N3O4. The van der Waals surface area contributed by atoms with E-state index in [1.54, 1.807) is 29.2 Å². The molecule has 0 bridgehead atoms. The van der Waals surface area contributed by atoms with E-state index in [0.717, 1.165) is 6.54 Å². The quantitative estimate of drug-likeness (QED) is 0.825. The van der Waals surface area contributed by atoms with Gasteiger partial charge in [-0.2, -0.15) is 0 Å². The molecule has 3 rings (SSSR count). The lowest BCUT2D eigenvalue weighted by Crippen LogP contribution is -2.45. The van der Waals surface area contributed by atoms with Crippen molar-refractivity contribution < 1.29 is 19.1 Å². The van der Waals surface area contributed by atoms with Crippen molar-refractivity contribution in [3.05, 3.63) is 29.8 Å². The molecule has 0 spiro atoms. The number of hydrogen-bond acceptors (Lipinski definition) is 5. The molecule has 1 aromatic rings. The SMILES string of the molecule is O=C(Nc1ccc(C(=O)N2CCOCC2)cc1)C1CNCCO1. The third kappa shape index (κ3) is 4.07. The molecule has 7 heteroatoms. The van der Waals surface area contributed by atoms with Gasteiger partial charge in [-0.05, 0) is 24.3 Å². The fourth-order valence-corrected chi connectivity index (χ4v) is 2.60. The van der Waals surface area contributed by atoms with Crippen molar-refractivity contribution >= 4 is 17.5 Å². The molecule has 2 amide bonds. The third-order valence-electron chi connectivity index (χ3n) is 3.92. The summed E-state index contributed by atoms with van der Waals surface area (Å²) >= 11 is 0. The minimum absolute atomic E-state index is 0.00834. The molecule has 124 valence electrons. The number of morpholine rings is 2. The first-order chi connectivity index (χ1) is 11.2. The first kappa shape index (κ1) is 15.9. The lowest BCUT2D eigenvalue weighted by molar-refractivity contribution is -0.128. The van der Waals surface area contributed by atoms with Gasteiger partial charge in [0.05, 0.1) is 19.8 Å². The molecule has 0 saturated carbocycles. The summed E-state index contributed by atoms with van der Waals surface area (Å²) in [6, 6.07) is 6.93. The van der Waals surface area contributed by atoms with Crippen molar-refractivity contribution in [2.24, 2.45) is 0 Å². The molecular weight excluding hydrogens is 298 g/mol. The number of ether oxygens (including phenoxy) is 2. The number of hydrogen-bond donors (Lipinski definition) is 2. The summed E-state index contributed by atoms with van der Waals surface area (Å²) in [5, 5.41) is 5.92. The molecule has 2 saturated heterocycles. The Hall–Kier alpha value is -1.96. The molecule has 7 nitrogen and oxygen atoms in total. The highest BCUT2D eigenvalue weighted by Gasteiger charge is 2.22. The van der Waals surface area contributed by atoms with E-state index in [1.165, 1.54) is 0 Å². The predicted molar refractivity (Wildman–Crippen MR) is 84.4 cm³/mol. The van der Waals surface area contributed by atoms with E-state index >= 15 is 0 Å². The van der Waals surface area contributed by atoms with Gasteiger partial charge in [-0.25, -0.2) is 0 Å². The summed E-state index contributed by atoms with van der Waals surface area (Å²) in [5.74, 6) is -0.185. The van der Waals surface area contributed by atoms with Crippen molar-refractivity contribution in [3.8, 4) is 0 Å². The third-order valence-corrected chi connectivity index (χ3v) is 3.92. The molecule has 1 atom stereocenters. The second kappa shape index (κ2) is 7.54. The van der Waals surface area contributed by atoms with Crippen LogP contribution in [0.25, 0.3) is 0 Å². The van der Waals surface area contributed by atoms with Crippen molar-refractivity contribution in [3.63, 3.8) is 0 Å². The summed E-state index contributed by atoms with van der Waals surface area (Å²) in [5.41, 5.74) is 1.27. The Balaban J connectivity index is 1.58. The molecule has 2 fully saturated rings. The van der Waals surface area contributed by atoms with Crippen LogP contribution in [-0.4, -0.2) is 68.8 Å². The number of anilines is 1. The van der Waals surface area contributed by atoms with Gasteiger partial charge in [0.15, 0.2) is 0 Å². The Morgan fingerprint density at radius 3 is 2.52 bits per heavy atom. The van der Waals surface area contributed by atoms with Crippen LogP contribution in [0.5, 0.6) is 0 Å². The highest BCUT2D eigenvalue weighted by atomic mass is 16.5. The summed E-state index contributed by atoms with van der Waals surface area (Å²) in [6.45, 7) is 4.20. The molecule has 2 aliphatic rings. The van der Waals surface area contributed by atoms with Crippen molar-refractivity contribution in [2.45, 2.75) is 6.10 Å². The number of amides is 2. The van der Waals surface area contributed by atoms with Gasteiger partial charge in [0, 0.05) is 37.4 Å². The number of nitrogens with zero attached hydrogens (tertiary/aromatic N) is 1. The highest BCUT2D eigenvalue weighted by molar-refractivity contribution is 5.97. The van der Waals surface area contributed by atoms with E-state index in [-0.39, 0.29) is 11.8 Å². The largest absolute Gasteiger partial charge is 0.378 e. The summed E-state index contributed by atoms with van der Waals surface area (Å²) < 4.78 is 10.7. The second-order valence-electron chi connectivity index (χ2n) is 5.53. The number of carbonyl (C=O) groups is 2. The maximum atomic E-state index is 12.3. The van der Waals surface area contributed by atoms with Gasteiger partial charge < -0.3 is 25.0 Å². The maximum Gasteiger partial charge on any atom is 0.254 e. The lowest BCUT2D eigenvalue weighted by Gasteiger charge is -2.27. The average molecular weight is 319 g/mol. The molecule has 23 heavy (non-hydrogen) atoms. The van der Waals surface area contributed by atoms with Crippen LogP contribution in [0.2, 0.25) is 0 Å². The van der Waals surface area contributed by atoms with E-state index in [1.807, 2.05) is 0 Å². The molecule has 0 aliphatic carbocycles. The normalized spacial score (nSPS) is 21.7. The van der Waals surface area contributed by atoms with Crippen LogP contribution in [0, 0.1) is 0 Å². The smallest absolute Gasteiger partial charge is 0.254 e.